The minimum Gasteiger partial charge on any atom is -0.365 e. The summed E-state index contributed by atoms with van der Waals surface area (Å²) in [6.45, 7) is 4.49. The molecule has 3 amide bonds. The molecule has 0 radical (unpaired) electrons. The number of thioether (sulfide) groups is 1. The van der Waals surface area contributed by atoms with Gasteiger partial charge in [0.1, 0.15) is 15.6 Å². The SMILES string of the molecule is CC(C)CNC(=O)Nc1snc(SCc2ccc(Cl)c(Cl)c2)c1C(N)=O. The fraction of sp³-hybridized carbons (Fsp3) is 0.312. The lowest BCUT2D eigenvalue weighted by Crippen LogP contribution is -2.32. The van der Waals surface area contributed by atoms with Gasteiger partial charge in [-0.3, -0.25) is 10.1 Å². The zero-order valence-corrected chi connectivity index (χ0v) is 17.3. The molecule has 1 heterocycles. The highest BCUT2D eigenvalue weighted by Crippen LogP contribution is 2.34. The van der Waals surface area contributed by atoms with Crippen molar-refractivity contribution < 1.29 is 9.59 Å². The summed E-state index contributed by atoms with van der Waals surface area (Å²) in [6.07, 6.45) is 0. The van der Waals surface area contributed by atoms with Crippen LogP contribution in [0.3, 0.4) is 0 Å². The molecule has 140 valence electrons. The van der Waals surface area contributed by atoms with E-state index in [-0.39, 0.29) is 5.56 Å². The van der Waals surface area contributed by atoms with E-state index in [1.165, 1.54) is 11.8 Å². The molecule has 0 aliphatic rings. The molecule has 4 N–H and O–H groups in total. The summed E-state index contributed by atoms with van der Waals surface area (Å²) in [7, 11) is 0. The summed E-state index contributed by atoms with van der Waals surface area (Å²) in [5.74, 6) is 0.199. The van der Waals surface area contributed by atoms with Crippen molar-refractivity contribution in [2.24, 2.45) is 11.7 Å². The predicted octanol–water partition coefficient (Wildman–Crippen LogP) is 4.62. The number of anilines is 1. The molecule has 0 saturated heterocycles. The summed E-state index contributed by atoms with van der Waals surface area (Å²) < 4.78 is 4.24. The number of carbonyl (C=O) groups excluding carboxylic acids is 2. The molecule has 0 aliphatic heterocycles. The lowest BCUT2D eigenvalue weighted by Gasteiger charge is -2.09. The van der Waals surface area contributed by atoms with Gasteiger partial charge in [-0.15, -0.1) is 0 Å². The summed E-state index contributed by atoms with van der Waals surface area (Å²) >= 11 is 14.3. The maximum atomic E-state index is 11.9. The van der Waals surface area contributed by atoms with E-state index in [9.17, 15) is 9.59 Å². The second-order valence-electron chi connectivity index (χ2n) is 5.82. The third-order valence-corrected chi connectivity index (χ3v) is 5.83. The first-order chi connectivity index (χ1) is 12.3. The van der Waals surface area contributed by atoms with Gasteiger partial charge in [0.25, 0.3) is 5.91 Å². The van der Waals surface area contributed by atoms with Gasteiger partial charge in [0.15, 0.2) is 0 Å². The second-order valence-corrected chi connectivity index (χ2v) is 8.37. The van der Waals surface area contributed by atoms with Crippen LogP contribution in [-0.2, 0) is 5.75 Å². The third-order valence-electron chi connectivity index (χ3n) is 3.16. The van der Waals surface area contributed by atoms with Crippen LogP contribution < -0.4 is 16.4 Å². The smallest absolute Gasteiger partial charge is 0.319 e. The van der Waals surface area contributed by atoms with Crippen molar-refractivity contribution in [3.8, 4) is 0 Å². The van der Waals surface area contributed by atoms with E-state index in [0.29, 0.717) is 38.3 Å². The van der Waals surface area contributed by atoms with E-state index in [1.54, 1.807) is 12.1 Å². The van der Waals surface area contributed by atoms with Crippen LogP contribution in [0, 0.1) is 5.92 Å². The Morgan fingerprint density at radius 3 is 2.65 bits per heavy atom. The van der Waals surface area contributed by atoms with Gasteiger partial charge in [-0.25, -0.2) is 4.79 Å². The highest BCUT2D eigenvalue weighted by molar-refractivity contribution is 7.98. The Hall–Kier alpha value is -1.48. The quantitative estimate of drug-likeness (QED) is 0.555. The molecule has 0 aliphatic carbocycles. The van der Waals surface area contributed by atoms with E-state index in [4.69, 9.17) is 28.9 Å². The molecule has 10 heteroatoms. The molecule has 0 spiro atoms. The van der Waals surface area contributed by atoms with Crippen LogP contribution in [0.5, 0.6) is 0 Å². The summed E-state index contributed by atoms with van der Waals surface area (Å²) in [5, 5.41) is 7.09. The van der Waals surface area contributed by atoms with Gasteiger partial charge in [-0.1, -0.05) is 54.9 Å². The van der Waals surface area contributed by atoms with Crippen molar-refractivity contribution in [3.05, 3.63) is 39.4 Å². The number of rotatable bonds is 7. The minimum absolute atomic E-state index is 0.208. The molecule has 0 unspecified atom stereocenters. The number of nitrogens with zero attached hydrogens (tertiary/aromatic N) is 1. The van der Waals surface area contributed by atoms with Crippen molar-refractivity contribution >= 4 is 63.4 Å². The standard InChI is InChI=1S/C16H18Cl2N4O2S2/c1-8(2)6-20-16(24)21-14-12(13(19)23)15(22-26-14)25-7-9-3-4-10(17)11(18)5-9/h3-5,8H,6-7H2,1-2H3,(H2,19,23)(H2,20,21,24). The summed E-state index contributed by atoms with van der Waals surface area (Å²) in [5.41, 5.74) is 6.61. The number of hydrogen-bond donors (Lipinski definition) is 3. The number of carbonyl (C=O) groups is 2. The monoisotopic (exact) mass is 432 g/mol. The highest BCUT2D eigenvalue weighted by atomic mass is 35.5. The Kier molecular flexibility index (Phi) is 7.57. The largest absolute Gasteiger partial charge is 0.365 e. The van der Waals surface area contributed by atoms with Gasteiger partial charge in [0.2, 0.25) is 0 Å². The number of urea groups is 1. The molecule has 2 aromatic rings. The fourth-order valence-electron chi connectivity index (χ4n) is 1.90. The number of primary amides is 1. The molecule has 6 nitrogen and oxygen atoms in total. The van der Waals surface area contributed by atoms with E-state index in [0.717, 1.165) is 17.1 Å². The van der Waals surface area contributed by atoms with Crippen molar-refractivity contribution in [3.63, 3.8) is 0 Å². The van der Waals surface area contributed by atoms with Gasteiger partial charge in [-0.05, 0) is 35.1 Å². The highest BCUT2D eigenvalue weighted by Gasteiger charge is 2.21. The first kappa shape index (κ1) is 20.8. The summed E-state index contributed by atoms with van der Waals surface area (Å²) in [6, 6.07) is 4.91. The zero-order chi connectivity index (χ0) is 19.3. The van der Waals surface area contributed by atoms with Gasteiger partial charge < -0.3 is 11.1 Å². The van der Waals surface area contributed by atoms with Gasteiger partial charge in [0.05, 0.1) is 10.0 Å². The number of aromatic nitrogens is 1. The molecule has 0 saturated carbocycles. The number of amides is 3. The molecule has 2 rings (SSSR count). The number of nitrogens with two attached hydrogens (primary N) is 1. The van der Waals surface area contributed by atoms with E-state index >= 15 is 0 Å². The van der Waals surface area contributed by atoms with E-state index < -0.39 is 11.9 Å². The molecule has 0 fully saturated rings. The normalized spacial score (nSPS) is 10.8. The van der Waals surface area contributed by atoms with E-state index in [1.807, 2.05) is 19.9 Å². The lowest BCUT2D eigenvalue weighted by atomic mass is 10.2. The van der Waals surface area contributed by atoms with Crippen LogP contribution in [0.2, 0.25) is 10.0 Å². The Balaban J connectivity index is 2.09. The number of halogens is 2. The number of nitrogens with one attached hydrogen (secondary N) is 2. The van der Waals surface area contributed by atoms with Gasteiger partial charge in [-0.2, -0.15) is 4.37 Å². The van der Waals surface area contributed by atoms with Crippen LogP contribution >= 0.6 is 46.5 Å². The van der Waals surface area contributed by atoms with Crippen LogP contribution in [0.1, 0.15) is 29.8 Å². The molecule has 0 atom stereocenters. The Morgan fingerprint density at radius 1 is 1.31 bits per heavy atom. The van der Waals surface area contributed by atoms with Crippen LogP contribution in [-0.4, -0.2) is 22.9 Å². The van der Waals surface area contributed by atoms with Crippen molar-refractivity contribution in [2.75, 3.05) is 11.9 Å². The molecular weight excluding hydrogens is 415 g/mol. The third kappa shape index (κ3) is 5.77. The topological polar surface area (TPSA) is 97.1 Å². The van der Waals surface area contributed by atoms with Crippen molar-refractivity contribution in [1.82, 2.24) is 9.69 Å². The lowest BCUT2D eigenvalue weighted by molar-refractivity contribution is 0.0998. The maximum absolute atomic E-state index is 11.9. The van der Waals surface area contributed by atoms with Crippen molar-refractivity contribution in [2.45, 2.75) is 24.6 Å². The van der Waals surface area contributed by atoms with Crippen LogP contribution in [0.4, 0.5) is 9.80 Å². The fourth-order valence-corrected chi connectivity index (χ4v) is 4.13. The zero-order valence-electron chi connectivity index (χ0n) is 14.1. The predicted molar refractivity (Wildman–Crippen MR) is 109 cm³/mol. The Morgan fingerprint density at radius 2 is 2.04 bits per heavy atom. The Labute approximate surface area is 170 Å². The summed E-state index contributed by atoms with van der Waals surface area (Å²) in [4.78, 5) is 23.7. The number of benzene rings is 1. The molecule has 1 aromatic heterocycles. The van der Waals surface area contributed by atoms with E-state index in [2.05, 4.69) is 15.0 Å². The first-order valence-electron chi connectivity index (χ1n) is 7.69. The first-order valence-corrected chi connectivity index (χ1v) is 10.2. The maximum Gasteiger partial charge on any atom is 0.319 e. The number of hydrogen-bond acceptors (Lipinski definition) is 5. The average molecular weight is 433 g/mol. The minimum atomic E-state index is -0.644. The second kappa shape index (κ2) is 9.45. The average Bonchev–Trinajstić information content (AvgIpc) is 2.96. The van der Waals surface area contributed by atoms with Crippen LogP contribution in [0.25, 0.3) is 0 Å². The van der Waals surface area contributed by atoms with Gasteiger partial charge >= 0.3 is 6.03 Å². The van der Waals surface area contributed by atoms with Gasteiger partial charge in [0, 0.05) is 12.3 Å². The van der Waals surface area contributed by atoms with Crippen LogP contribution in [0.15, 0.2) is 23.2 Å². The van der Waals surface area contributed by atoms with Crippen molar-refractivity contribution in [1.29, 1.82) is 0 Å². The molecule has 0 bridgehead atoms. The molecule has 1 aromatic carbocycles. The molecular formula is C16H18Cl2N4O2S2. The Bertz CT molecular complexity index is 812. The molecule has 26 heavy (non-hydrogen) atoms.